The van der Waals surface area contributed by atoms with Crippen LogP contribution >= 0.6 is 0 Å². The molecule has 0 saturated carbocycles. The standard InChI is InChI=1S/C52H87NO7/c1-6-8-10-12-14-16-18-20-22-24-25-26-27-29-31-33-35-37-39-41-43-51(55)60-48(46-58-45-44-49(52(56)57)53(3,4)5)47-59-50(54)42-40-38-36-34-32-30-28-23-21-19-17-15-13-11-9-7-2/h8,10,14,16,20,22-23,25-26,28-32,48-49H,6-7,9,11-13,15,17-19,21,24,27,33-47H2,1-5H3/p+1/b10-8+,16-14+,22-20+,26-25+,28-23+,31-29+,32-30+. The second-order valence-corrected chi connectivity index (χ2v) is 16.7. The lowest BCUT2D eigenvalue weighted by Crippen LogP contribution is -2.50. The number of allylic oxidation sites excluding steroid dienone is 14. The van der Waals surface area contributed by atoms with Crippen LogP contribution in [0.2, 0.25) is 0 Å². The maximum absolute atomic E-state index is 12.8. The predicted octanol–water partition coefficient (Wildman–Crippen LogP) is 13.3. The van der Waals surface area contributed by atoms with Gasteiger partial charge in [0, 0.05) is 19.3 Å². The quantitative estimate of drug-likeness (QED) is 0.0215. The van der Waals surface area contributed by atoms with Gasteiger partial charge in [0.1, 0.15) is 6.61 Å². The van der Waals surface area contributed by atoms with Crippen molar-refractivity contribution in [2.75, 3.05) is 41.0 Å². The lowest BCUT2D eigenvalue weighted by atomic mass is 10.1. The topological polar surface area (TPSA) is 99.1 Å². The van der Waals surface area contributed by atoms with Crippen molar-refractivity contribution in [3.63, 3.8) is 0 Å². The monoisotopic (exact) mass is 839 g/mol. The predicted molar refractivity (Wildman–Crippen MR) is 252 cm³/mol. The first-order valence-corrected chi connectivity index (χ1v) is 23.6. The number of esters is 2. The van der Waals surface area contributed by atoms with Crippen LogP contribution in [0, 0.1) is 0 Å². The number of ether oxygens (including phenoxy) is 3. The summed E-state index contributed by atoms with van der Waals surface area (Å²) in [7, 11) is 5.50. The number of carboxylic acid groups (broad SMARTS) is 1. The normalized spacial score (nSPS) is 13.7. The van der Waals surface area contributed by atoms with E-state index in [2.05, 4.69) is 98.9 Å². The number of rotatable bonds is 41. The van der Waals surface area contributed by atoms with Crippen LogP contribution in [0.3, 0.4) is 0 Å². The summed E-state index contributed by atoms with van der Waals surface area (Å²) in [6.07, 6.45) is 54.8. The molecule has 2 unspecified atom stereocenters. The first kappa shape index (κ1) is 56.5. The average molecular weight is 839 g/mol. The van der Waals surface area contributed by atoms with E-state index in [1.165, 1.54) is 44.9 Å². The van der Waals surface area contributed by atoms with Crippen molar-refractivity contribution in [3.05, 3.63) is 85.1 Å². The Morgan fingerprint density at radius 3 is 1.50 bits per heavy atom. The minimum atomic E-state index is -0.886. The van der Waals surface area contributed by atoms with Crippen molar-refractivity contribution in [2.24, 2.45) is 0 Å². The molecule has 60 heavy (non-hydrogen) atoms. The van der Waals surface area contributed by atoms with Crippen molar-refractivity contribution in [1.29, 1.82) is 0 Å². The van der Waals surface area contributed by atoms with E-state index in [-0.39, 0.29) is 42.7 Å². The van der Waals surface area contributed by atoms with E-state index in [1.54, 1.807) is 0 Å². The maximum Gasteiger partial charge on any atom is 0.362 e. The van der Waals surface area contributed by atoms with Gasteiger partial charge in [0.15, 0.2) is 12.1 Å². The van der Waals surface area contributed by atoms with Crippen LogP contribution in [-0.2, 0) is 28.6 Å². The van der Waals surface area contributed by atoms with Crippen LogP contribution in [0.5, 0.6) is 0 Å². The summed E-state index contributed by atoms with van der Waals surface area (Å²) < 4.78 is 17.3. The molecule has 0 rings (SSSR count). The molecule has 0 spiro atoms. The van der Waals surface area contributed by atoms with Crippen molar-refractivity contribution in [3.8, 4) is 0 Å². The van der Waals surface area contributed by atoms with Gasteiger partial charge in [0.2, 0.25) is 0 Å². The highest BCUT2D eigenvalue weighted by Gasteiger charge is 2.31. The smallest absolute Gasteiger partial charge is 0.362 e. The van der Waals surface area contributed by atoms with Gasteiger partial charge >= 0.3 is 17.9 Å². The number of quaternary nitrogens is 1. The fourth-order valence-electron chi connectivity index (χ4n) is 6.40. The number of nitrogens with zero attached hydrogens (tertiary/aromatic N) is 1. The molecule has 0 amide bonds. The van der Waals surface area contributed by atoms with Crippen LogP contribution in [0.1, 0.15) is 174 Å². The van der Waals surface area contributed by atoms with Crippen molar-refractivity contribution in [2.45, 2.75) is 187 Å². The van der Waals surface area contributed by atoms with Gasteiger partial charge in [-0.1, -0.05) is 157 Å². The van der Waals surface area contributed by atoms with E-state index in [0.29, 0.717) is 12.8 Å². The number of carboxylic acids is 1. The second kappa shape index (κ2) is 42.2. The second-order valence-electron chi connectivity index (χ2n) is 16.7. The average Bonchev–Trinajstić information content (AvgIpc) is 3.21. The van der Waals surface area contributed by atoms with E-state index < -0.39 is 18.1 Å². The molecule has 0 saturated heterocycles. The molecule has 1 N–H and O–H groups in total. The molecule has 8 nitrogen and oxygen atoms in total. The summed E-state index contributed by atoms with van der Waals surface area (Å²) in [6.45, 7) is 4.55. The first-order chi connectivity index (χ1) is 29.1. The van der Waals surface area contributed by atoms with E-state index in [4.69, 9.17) is 14.2 Å². The van der Waals surface area contributed by atoms with E-state index in [9.17, 15) is 19.5 Å². The molecule has 8 heteroatoms. The summed E-state index contributed by atoms with van der Waals surface area (Å²) in [5, 5.41) is 9.63. The Morgan fingerprint density at radius 1 is 0.533 bits per heavy atom. The fraction of sp³-hybridized carbons (Fsp3) is 0.673. The molecule has 0 aliphatic rings. The van der Waals surface area contributed by atoms with Gasteiger partial charge in [-0.25, -0.2) is 4.79 Å². The van der Waals surface area contributed by atoms with Crippen molar-refractivity contribution < 1.29 is 38.2 Å². The Bertz CT molecular complexity index is 1250. The molecule has 0 bridgehead atoms. The largest absolute Gasteiger partial charge is 0.477 e. The fourth-order valence-corrected chi connectivity index (χ4v) is 6.40. The van der Waals surface area contributed by atoms with Crippen LogP contribution < -0.4 is 0 Å². The number of hydrogen-bond donors (Lipinski definition) is 1. The summed E-state index contributed by atoms with van der Waals surface area (Å²) in [5.41, 5.74) is 0. The molecule has 0 aromatic heterocycles. The molecule has 0 fully saturated rings. The van der Waals surface area contributed by atoms with Gasteiger partial charge in [-0.15, -0.1) is 0 Å². The van der Waals surface area contributed by atoms with Crippen LogP contribution in [0.4, 0.5) is 0 Å². The van der Waals surface area contributed by atoms with E-state index in [1.807, 2.05) is 21.1 Å². The van der Waals surface area contributed by atoms with Crippen LogP contribution in [0.25, 0.3) is 0 Å². The molecule has 0 aliphatic carbocycles. The highest BCUT2D eigenvalue weighted by molar-refractivity contribution is 5.72. The highest BCUT2D eigenvalue weighted by Crippen LogP contribution is 2.13. The lowest BCUT2D eigenvalue weighted by molar-refractivity contribution is -0.887. The number of unbranched alkanes of at least 4 members (excludes halogenated alkanes) is 14. The summed E-state index contributed by atoms with van der Waals surface area (Å²) in [4.78, 5) is 37.1. The molecular formula is C52H88NO7+. The molecule has 0 radical (unpaired) electrons. The maximum atomic E-state index is 12.8. The van der Waals surface area contributed by atoms with Crippen LogP contribution in [0.15, 0.2) is 85.1 Å². The minimum absolute atomic E-state index is 0.0373. The Labute approximate surface area is 367 Å². The molecule has 0 heterocycles. The SMILES string of the molecule is CC/C=C/C/C=C/C/C=C/C/C=C/C/C=C/CCCCCCC(=O)OC(COCCC(C(=O)O)[N+](C)(C)C)COC(=O)CCCCC/C=C/C=C/CCCCCCCCC. The van der Waals surface area contributed by atoms with Crippen molar-refractivity contribution in [1.82, 2.24) is 0 Å². The van der Waals surface area contributed by atoms with Gasteiger partial charge in [0.25, 0.3) is 0 Å². The Balaban J connectivity index is 4.42. The van der Waals surface area contributed by atoms with Crippen LogP contribution in [-0.4, -0.2) is 80.6 Å². The molecule has 2 atom stereocenters. The Morgan fingerprint density at radius 2 is 0.983 bits per heavy atom. The highest BCUT2D eigenvalue weighted by atomic mass is 16.6. The molecule has 0 aromatic carbocycles. The third kappa shape index (κ3) is 39.9. The summed E-state index contributed by atoms with van der Waals surface area (Å²) >= 11 is 0. The number of carbonyl (C=O) groups excluding carboxylic acids is 2. The van der Waals surface area contributed by atoms with Crippen molar-refractivity contribution >= 4 is 17.9 Å². The third-order valence-electron chi connectivity index (χ3n) is 10.1. The molecule has 0 aromatic rings. The molecule has 342 valence electrons. The lowest BCUT2D eigenvalue weighted by Gasteiger charge is -2.31. The van der Waals surface area contributed by atoms with Gasteiger partial charge in [-0.05, 0) is 83.5 Å². The minimum Gasteiger partial charge on any atom is -0.477 e. The first-order valence-electron chi connectivity index (χ1n) is 23.6. The number of carbonyl (C=O) groups is 3. The molecular weight excluding hydrogens is 751 g/mol. The number of likely N-dealkylation sites (N-methyl/N-ethyl adjacent to an activating group) is 1. The summed E-state index contributed by atoms with van der Waals surface area (Å²) in [6, 6.07) is -0.628. The van der Waals surface area contributed by atoms with Gasteiger partial charge in [-0.3, -0.25) is 9.59 Å². The van der Waals surface area contributed by atoms with Gasteiger partial charge in [-0.2, -0.15) is 0 Å². The van der Waals surface area contributed by atoms with Gasteiger partial charge < -0.3 is 23.8 Å². The number of aliphatic carboxylic acids is 1. The summed E-state index contributed by atoms with van der Waals surface area (Å²) in [5.74, 6) is -1.54. The Hall–Kier alpha value is -3.49. The number of hydrogen-bond acceptors (Lipinski definition) is 6. The third-order valence-corrected chi connectivity index (χ3v) is 10.1. The Kier molecular flexibility index (Phi) is 39.8. The zero-order chi connectivity index (χ0) is 44.2. The van der Waals surface area contributed by atoms with E-state index >= 15 is 0 Å². The molecule has 0 aliphatic heterocycles. The van der Waals surface area contributed by atoms with Gasteiger partial charge in [0.05, 0.1) is 34.4 Å². The zero-order valence-electron chi connectivity index (χ0n) is 38.9. The van der Waals surface area contributed by atoms with E-state index in [0.717, 1.165) is 96.3 Å². The zero-order valence-corrected chi connectivity index (χ0v) is 38.9.